The number of hydrogen-bond donors (Lipinski definition) is 0. The summed E-state index contributed by atoms with van der Waals surface area (Å²) < 4.78 is 24.8. The molecule has 0 fully saturated rings. The van der Waals surface area contributed by atoms with Crippen molar-refractivity contribution in [1.82, 2.24) is 4.31 Å². The number of nitrogens with zero attached hydrogens (tertiary/aromatic N) is 2. The fourth-order valence-electron chi connectivity index (χ4n) is 1.26. The summed E-state index contributed by atoms with van der Waals surface area (Å²) in [6.45, 7) is 3.92. The van der Waals surface area contributed by atoms with Gasteiger partial charge >= 0.3 is 0 Å². The van der Waals surface area contributed by atoms with Crippen molar-refractivity contribution in [2.45, 2.75) is 25.2 Å². The first-order chi connectivity index (χ1) is 7.52. The van der Waals surface area contributed by atoms with Gasteiger partial charge in [0.05, 0.1) is 4.90 Å². The van der Waals surface area contributed by atoms with Crippen molar-refractivity contribution < 1.29 is 8.42 Å². The molecule has 1 rings (SSSR count). The Morgan fingerprint density at radius 3 is 2.31 bits per heavy atom. The summed E-state index contributed by atoms with van der Waals surface area (Å²) in [4.78, 5) is 0.160. The van der Waals surface area contributed by atoms with Crippen LogP contribution in [0.1, 0.15) is 18.9 Å². The van der Waals surface area contributed by atoms with E-state index in [0.29, 0.717) is 6.42 Å². The Morgan fingerprint density at radius 2 is 1.88 bits per heavy atom. The molecule has 1 aromatic carbocycles. The second kappa shape index (κ2) is 4.99. The molecular weight excluding hydrogens is 224 g/mol. The van der Waals surface area contributed by atoms with Gasteiger partial charge in [0.15, 0.2) is 6.19 Å². The predicted octanol–water partition coefficient (Wildman–Crippen LogP) is 1.88. The molecule has 0 atom stereocenters. The summed E-state index contributed by atoms with van der Waals surface area (Å²) in [6.07, 6.45) is 2.31. The summed E-state index contributed by atoms with van der Waals surface area (Å²) in [5.41, 5.74) is 0.984. The number of nitriles is 1. The number of sulfonamides is 1. The summed E-state index contributed by atoms with van der Waals surface area (Å²) in [5, 5.41) is 8.81. The minimum absolute atomic E-state index is 0.160. The zero-order chi connectivity index (χ0) is 12.2. The molecule has 4 nitrogen and oxygen atoms in total. The lowest BCUT2D eigenvalue weighted by molar-refractivity contribution is 0.505. The number of aryl methyl sites for hydroxylation is 1. The Morgan fingerprint density at radius 1 is 1.31 bits per heavy atom. The fourth-order valence-corrected chi connectivity index (χ4v) is 2.53. The lowest BCUT2D eigenvalue weighted by atomic mass is 10.2. The standard InChI is InChI=1S/C11H14N2O2S/c1-3-8-13(9-12)16(14,15)11-6-4-10(2)5-7-11/h4-7H,3,8H2,1-2H3. The molecule has 0 aliphatic carbocycles. The monoisotopic (exact) mass is 238 g/mol. The smallest absolute Gasteiger partial charge is 0.202 e. The van der Waals surface area contributed by atoms with Crippen LogP contribution in [0.5, 0.6) is 0 Å². The van der Waals surface area contributed by atoms with Crippen molar-refractivity contribution in [3.05, 3.63) is 29.8 Å². The summed E-state index contributed by atoms with van der Waals surface area (Å²) >= 11 is 0. The molecule has 0 amide bonds. The molecule has 0 radical (unpaired) electrons. The van der Waals surface area contributed by atoms with Crippen molar-refractivity contribution in [3.8, 4) is 6.19 Å². The van der Waals surface area contributed by atoms with E-state index in [2.05, 4.69) is 0 Å². The van der Waals surface area contributed by atoms with Crippen LogP contribution in [-0.2, 0) is 10.0 Å². The molecule has 16 heavy (non-hydrogen) atoms. The van der Waals surface area contributed by atoms with Crippen molar-refractivity contribution in [2.75, 3.05) is 6.54 Å². The van der Waals surface area contributed by atoms with Gasteiger partial charge in [0.1, 0.15) is 0 Å². The minimum Gasteiger partial charge on any atom is -0.202 e. The Kier molecular flexibility index (Phi) is 3.91. The molecule has 0 saturated heterocycles. The maximum atomic E-state index is 12.0. The Labute approximate surface area is 96.2 Å². The van der Waals surface area contributed by atoms with E-state index >= 15 is 0 Å². The third-order valence-corrected chi connectivity index (χ3v) is 3.86. The third-order valence-electron chi connectivity index (χ3n) is 2.15. The quantitative estimate of drug-likeness (QED) is 0.594. The van der Waals surface area contributed by atoms with Gasteiger partial charge in [0.25, 0.3) is 10.0 Å². The normalized spacial score (nSPS) is 10.8. The summed E-state index contributed by atoms with van der Waals surface area (Å²) in [5.74, 6) is 0. The molecule has 5 heteroatoms. The van der Waals surface area contributed by atoms with Gasteiger partial charge in [-0.15, -0.1) is 0 Å². The molecule has 0 N–H and O–H groups in total. The first kappa shape index (κ1) is 12.5. The molecule has 1 aromatic rings. The van der Waals surface area contributed by atoms with Crippen LogP contribution in [0.25, 0.3) is 0 Å². The van der Waals surface area contributed by atoms with Gasteiger partial charge in [0, 0.05) is 6.54 Å². The van der Waals surface area contributed by atoms with Gasteiger partial charge < -0.3 is 0 Å². The summed E-state index contributed by atoms with van der Waals surface area (Å²) in [6, 6.07) is 6.47. The van der Waals surface area contributed by atoms with Crippen molar-refractivity contribution in [1.29, 1.82) is 5.26 Å². The second-order valence-corrected chi connectivity index (χ2v) is 5.35. The first-order valence-electron chi connectivity index (χ1n) is 5.01. The van der Waals surface area contributed by atoms with Gasteiger partial charge in [0.2, 0.25) is 0 Å². The van der Waals surface area contributed by atoms with Gasteiger partial charge in [-0.2, -0.15) is 5.26 Å². The molecule has 0 aliphatic rings. The predicted molar refractivity (Wildman–Crippen MR) is 61.0 cm³/mol. The highest BCUT2D eigenvalue weighted by Crippen LogP contribution is 2.15. The van der Waals surface area contributed by atoms with Crippen LogP contribution in [-0.4, -0.2) is 19.3 Å². The molecule has 0 aromatic heterocycles. The number of rotatable bonds is 4. The van der Waals surface area contributed by atoms with Crippen molar-refractivity contribution in [3.63, 3.8) is 0 Å². The molecule has 0 bridgehead atoms. The maximum Gasteiger partial charge on any atom is 0.272 e. The van der Waals surface area contributed by atoms with E-state index in [4.69, 9.17) is 5.26 Å². The topological polar surface area (TPSA) is 61.2 Å². The highest BCUT2D eigenvalue weighted by Gasteiger charge is 2.21. The van der Waals surface area contributed by atoms with Crippen LogP contribution in [0.4, 0.5) is 0 Å². The third kappa shape index (κ3) is 2.52. The van der Waals surface area contributed by atoms with Crippen LogP contribution in [0.2, 0.25) is 0 Å². The SMILES string of the molecule is CCCN(C#N)S(=O)(=O)c1ccc(C)cc1. The number of benzene rings is 1. The van der Waals surface area contributed by atoms with Crippen LogP contribution >= 0.6 is 0 Å². The highest BCUT2D eigenvalue weighted by atomic mass is 32.2. The van der Waals surface area contributed by atoms with Crippen molar-refractivity contribution >= 4 is 10.0 Å². The Hall–Kier alpha value is -1.54. The van der Waals surface area contributed by atoms with Gasteiger partial charge in [-0.3, -0.25) is 0 Å². The van der Waals surface area contributed by atoms with Gasteiger partial charge in [-0.25, -0.2) is 12.7 Å². The van der Waals surface area contributed by atoms with Crippen molar-refractivity contribution in [2.24, 2.45) is 0 Å². The van der Waals surface area contributed by atoms with Gasteiger partial charge in [-0.05, 0) is 25.5 Å². The zero-order valence-electron chi connectivity index (χ0n) is 9.34. The molecule has 0 spiro atoms. The lowest BCUT2D eigenvalue weighted by Gasteiger charge is -2.14. The van der Waals surface area contributed by atoms with E-state index in [-0.39, 0.29) is 11.4 Å². The molecule has 0 saturated carbocycles. The van der Waals surface area contributed by atoms with Crippen LogP contribution < -0.4 is 0 Å². The van der Waals surface area contributed by atoms with E-state index in [1.807, 2.05) is 13.8 Å². The van der Waals surface area contributed by atoms with Crippen LogP contribution in [0.15, 0.2) is 29.2 Å². The summed E-state index contributed by atoms with van der Waals surface area (Å²) in [7, 11) is -3.66. The second-order valence-electron chi connectivity index (χ2n) is 3.49. The number of hydrogen-bond acceptors (Lipinski definition) is 3. The Bertz CT molecular complexity index is 486. The molecule has 86 valence electrons. The van der Waals surface area contributed by atoms with Gasteiger partial charge in [-0.1, -0.05) is 24.6 Å². The molecule has 0 heterocycles. The first-order valence-corrected chi connectivity index (χ1v) is 6.45. The van der Waals surface area contributed by atoms with E-state index in [9.17, 15) is 8.42 Å². The zero-order valence-corrected chi connectivity index (χ0v) is 10.2. The molecular formula is C11H14N2O2S. The van der Waals surface area contributed by atoms with E-state index < -0.39 is 10.0 Å². The van der Waals surface area contributed by atoms with E-state index in [1.54, 1.807) is 18.3 Å². The minimum atomic E-state index is -3.66. The van der Waals surface area contributed by atoms with E-state index in [1.165, 1.54) is 12.1 Å². The lowest BCUT2D eigenvalue weighted by Crippen LogP contribution is -2.27. The van der Waals surface area contributed by atoms with E-state index in [0.717, 1.165) is 9.87 Å². The van der Waals surface area contributed by atoms with Crippen LogP contribution in [0.3, 0.4) is 0 Å². The largest absolute Gasteiger partial charge is 0.272 e. The van der Waals surface area contributed by atoms with Crippen LogP contribution in [0, 0.1) is 18.4 Å². The fraction of sp³-hybridized carbons (Fsp3) is 0.364. The molecule has 0 aliphatic heterocycles. The highest BCUT2D eigenvalue weighted by molar-refractivity contribution is 7.89. The molecule has 0 unspecified atom stereocenters. The maximum absolute atomic E-state index is 12.0. The average molecular weight is 238 g/mol. The average Bonchev–Trinajstić information content (AvgIpc) is 2.26. The Balaban J connectivity index is 3.11.